The molecule has 0 aliphatic rings. The number of hydrogen-bond donors (Lipinski definition) is 1. The Balaban J connectivity index is 2.35. The van der Waals surface area contributed by atoms with Gasteiger partial charge in [0.2, 0.25) is 0 Å². The van der Waals surface area contributed by atoms with E-state index in [4.69, 9.17) is 0 Å². The number of nitrogens with zero attached hydrogens (tertiary/aromatic N) is 4. The highest BCUT2D eigenvalue weighted by molar-refractivity contribution is 7.99. The number of aromatic nitrogens is 3. The van der Waals surface area contributed by atoms with E-state index in [1.807, 2.05) is 13.1 Å². The number of aryl methyl sites for hydroxylation is 1. The van der Waals surface area contributed by atoms with E-state index in [0.717, 1.165) is 4.90 Å². The van der Waals surface area contributed by atoms with Crippen LogP contribution in [0.3, 0.4) is 0 Å². The lowest BCUT2D eigenvalue weighted by molar-refractivity contribution is -0.385. The van der Waals surface area contributed by atoms with E-state index in [-0.39, 0.29) is 5.69 Å². The second-order valence-electron chi connectivity index (χ2n) is 3.55. The summed E-state index contributed by atoms with van der Waals surface area (Å²) in [6.45, 7) is 0. The molecule has 0 aliphatic carbocycles. The first-order valence-electron chi connectivity index (χ1n) is 5.09. The molecule has 0 aliphatic heterocycles. The standard InChI is InChI=1S/C10H11N5O2S/c1-11-7-3-8(15(16)17)5-9(4-7)18-10-13-12-6-14(10)2/h3-6,11H,1-2H3. The number of benzene rings is 1. The third-order valence-electron chi connectivity index (χ3n) is 2.27. The smallest absolute Gasteiger partial charge is 0.272 e. The maximum atomic E-state index is 10.8. The van der Waals surface area contributed by atoms with Gasteiger partial charge in [-0.15, -0.1) is 10.2 Å². The zero-order valence-electron chi connectivity index (χ0n) is 9.82. The summed E-state index contributed by atoms with van der Waals surface area (Å²) < 4.78 is 1.75. The Kier molecular flexibility index (Phi) is 3.47. The molecule has 0 atom stereocenters. The van der Waals surface area contributed by atoms with Crippen LogP contribution in [0.4, 0.5) is 11.4 Å². The fraction of sp³-hybridized carbons (Fsp3) is 0.200. The van der Waals surface area contributed by atoms with E-state index in [1.54, 1.807) is 17.9 Å². The van der Waals surface area contributed by atoms with E-state index in [0.29, 0.717) is 10.8 Å². The summed E-state index contributed by atoms with van der Waals surface area (Å²) in [6, 6.07) is 4.83. The first-order valence-corrected chi connectivity index (χ1v) is 5.91. The molecule has 0 saturated heterocycles. The van der Waals surface area contributed by atoms with Crippen molar-refractivity contribution in [2.24, 2.45) is 7.05 Å². The van der Waals surface area contributed by atoms with Crippen molar-refractivity contribution in [3.63, 3.8) is 0 Å². The monoisotopic (exact) mass is 265 g/mol. The van der Waals surface area contributed by atoms with Gasteiger partial charge in [0.05, 0.1) is 4.92 Å². The van der Waals surface area contributed by atoms with Crippen LogP contribution in [0.2, 0.25) is 0 Å². The van der Waals surface area contributed by atoms with Crippen LogP contribution in [0, 0.1) is 10.1 Å². The molecule has 1 N–H and O–H groups in total. The molecule has 0 fully saturated rings. The van der Waals surface area contributed by atoms with Gasteiger partial charge in [0, 0.05) is 36.8 Å². The van der Waals surface area contributed by atoms with Gasteiger partial charge in [-0.3, -0.25) is 10.1 Å². The highest BCUT2D eigenvalue weighted by Crippen LogP contribution is 2.31. The molecule has 94 valence electrons. The summed E-state index contributed by atoms with van der Waals surface area (Å²) in [4.78, 5) is 11.2. The quantitative estimate of drug-likeness (QED) is 0.671. The summed E-state index contributed by atoms with van der Waals surface area (Å²) in [7, 11) is 3.54. The van der Waals surface area contributed by atoms with Crippen LogP contribution >= 0.6 is 11.8 Å². The van der Waals surface area contributed by atoms with E-state index in [9.17, 15) is 10.1 Å². The van der Waals surface area contributed by atoms with Gasteiger partial charge in [-0.05, 0) is 17.8 Å². The Labute approximate surface area is 107 Å². The molecule has 0 unspecified atom stereocenters. The van der Waals surface area contributed by atoms with Gasteiger partial charge in [0.15, 0.2) is 5.16 Å². The van der Waals surface area contributed by atoms with Crippen molar-refractivity contribution in [3.8, 4) is 0 Å². The molecule has 0 bridgehead atoms. The predicted molar refractivity (Wildman–Crippen MR) is 67.8 cm³/mol. The molecule has 0 spiro atoms. The van der Waals surface area contributed by atoms with Crippen LogP contribution in [-0.2, 0) is 7.05 Å². The molecule has 8 heteroatoms. The first kappa shape index (κ1) is 12.4. The van der Waals surface area contributed by atoms with E-state index < -0.39 is 4.92 Å². The van der Waals surface area contributed by atoms with Crippen LogP contribution in [0.5, 0.6) is 0 Å². The summed E-state index contributed by atoms with van der Waals surface area (Å²) in [5, 5.41) is 22.1. The number of hydrogen-bond acceptors (Lipinski definition) is 6. The predicted octanol–water partition coefficient (Wildman–Crippen LogP) is 1.92. The second-order valence-corrected chi connectivity index (χ2v) is 4.59. The number of rotatable bonds is 4. The van der Waals surface area contributed by atoms with Gasteiger partial charge in [0.1, 0.15) is 6.33 Å². The van der Waals surface area contributed by atoms with Crippen LogP contribution in [0.15, 0.2) is 34.6 Å². The molecule has 2 rings (SSSR count). The molecular weight excluding hydrogens is 254 g/mol. The number of nitro benzene ring substituents is 1. The van der Waals surface area contributed by atoms with E-state index in [2.05, 4.69) is 15.5 Å². The molecule has 0 saturated carbocycles. The van der Waals surface area contributed by atoms with Crippen molar-refractivity contribution in [1.82, 2.24) is 14.8 Å². The van der Waals surface area contributed by atoms with Gasteiger partial charge >= 0.3 is 0 Å². The number of anilines is 1. The Hall–Kier alpha value is -2.09. The maximum absolute atomic E-state index is 10.8. The molecule has 1 aromatic carbocycles. The summed E-state index contributed by atoms with van der Waals surface area (Å²) >= 11 is 1.33. The third kappa shape index (κ3) is 2.59. The zero-order valence-corrected chi connectivity index (χ0v) is 10.6. The molecule has 18 heavy (non-hydrogen) atoms. The molecule has 2 aromatic rings. The van der Waals surface area contributed by atoms with Gasteiger partial charge in [-0.25, -0.2) is 0 Å². The Morgan fingerprint density at radius 1 is 1.44 bits per heavy atom. The lowest BCUT2D eigenvalue weighted by atomic mass is 10.3. The van der Waals surface area contributed by atoms with Crippen molar-refractivity contribution in [1.29, 1.82) is 0 Å². The van der Waals surface area contributed by atoms with Crippen LogP contribution in [-0.4, -0.2) is 26.7 Å². The summed E-state index contributed by atoms with van der Waals surface area (Å²) in [5.74, 6) is 0. The average molecular weight is 265 g/mol. The van der Waals surface area contributed by atoms with Crippen molar-refractivity contribution in [3.05, 3.63) is 34.6 Å². The second kappa shape index (κ2) is 5.05. The lowest BCUT2D eigenvalue weighted by Gasteiger charge is -2.04. The lowest BCUT2D eigenvalue weighted by Crippen LogP contribution is -1.94. The Morgan fingerprint density at radius 2 is 2.22 bits per heavy atom. The average Bonchev–Trinajstić information content (AvgIpc) is 2.74. The van der Waals surface area contributed by atoms with Gasteiger partial charge in [0.25, 0.3) is 5.69 Å². The molecule has 1 heterocycles. The van der Waals surface area contributed by atoms with Gasteiger partial charge in [-0.2, -0.15) is 0 Å². The molecule has 0 radical (unpaired) electrons. The van der Waals surface area contributed by atoms with Crippen molar-refractivity contribution >= 4 is 23.1 Å². The number of non-ortho nitro benzene ring substituents is 1. The zero-order chi connectivity index (χ0) is 13.1. The third-order valence-corrected chi connectivity index (χ3v) is 3.29. The van der Waals surface area contributed by atoms with Crippen LogP contribution < -0.4 is 5.32 Å². The Bertz CT molecular complexity index is 583. The first-order chi connectivity index (χ1) is 8.60. The van der Waals surface area contributed by atoms with E-state index >= 15 is 0 Å². The minimum Gasteiger partial charge on any atom is -0.388 e. The van der Waals surface area contributed by atoms with Crippen molar-refractivity contribution in [2.45, 2.75) is 10.1 Å². The number of nitro groups is 1. The van der Waals surface area contributed by atoms with E-state index in [1.165, 1.54) is 23.9 Å². The van der Waals surface area contributed by atoms with Crippen LogP contribution in [0.25, 0.3) is 0 Å². The van der Waals surface area contributed by atoms with Gasteiger partial charge < -0.3 is 9.88 Å². The number of nitrogens with one attached hydrogen (secondary N) is 1. The Morgan fingerprint density at radius 3 is 2.78 bits per heavy atom. The fourth-order valence-electron chi connectivity index (χ4n) is 1.36. The van der Waals surface area contributed by atoms with Crippen LogP contribution in [0.1, 0.15) is 0 Å². The summed E-state index contributed by atoms with van der Waals surface area (Å²) in [5.41, 5.74) is 0.736. The van der Waals surface area contributed by atoms with Crippen molar-refractivity contribution < 1.29 is 4.92 Å². The minimum absolute atomic E-state index is 0.0477. The fourth-order valence-corrected chi connectivity index (χ4v) is 2.22. The molecule has 1 aromatic heterocycles. The highest BCUT2D eigenvalue weighted by Gasteiger charge is 2.12. The van der Waals surface area contributed by atoms with Crippen molar-refractivity contribution in [2.75, 3.05) is 12.4 Å². The molecular formula is C10H11N5O2S. The largest absolute Gasteiger partial charge is 0.388 e. The topological polar surface area (TPSA) is 85.9 Å². The summed E-state index contributed by atoms with van der Waals surface area (Å²) in [6.07, 6.45) is 1.58. The van der Waals surface area contributed by atoms with Gasteiger partial charge in [-0.1, -0.05) is 0 Å². The highest BCUT2D eigenvalue weighted by atomic mass is 32.2. The maximum Gasteiger partial charge on any atom is 0.272 e. The normalized spacial score (nSPS) is 10.3. The SMILES string of the molecule is CNc1cc(Sc2nncn2C)cc([N+](=O)[O-])c1. The minimum atomic E-state index is -0.415. The molecule has 0 amide bonds. The molecule has 7 nitrogen and oxygen atoms in total.